The third kappa shape index (κ3) is 3.89. The average Bonchev–Trinajstić information content (AvgIpc) is 3.08. The summed E-state index contributed by atoms with van der Waals surface area (Å²) in [6, 6.07) is 22.1. The van der Waals surface area contributed by atoms with E-state index >= 15 is 0 Å². The molecule has 2 fully saturated rings. The molecule has 3 aliphatic heterocycles. The molecule has 168 valence electrons. The number of anilines is 2. The number of pyridine rings is 1. The summed E-state index contributed by atoms with van der Waals surface area (Å²) in [7, 11) is 0. The predicted octanol–water partition coefficient (Wildman–Crippen LogP) is 7.31. The molecule has 2 bridgehead atoms. The molecular weight excluding hydrogens is 422 g/mol. The number of aromatic nitrogens is 1. The lowest BCUT2D eigenvalue weighted by Crippen LogP contribution is -2.49. The van der Waals surface area contributed by atoms with E-state index in [1.165, 1.54) is 63.5 Å². The SMILES string of the molecule is CC(C)=CCN1C2CCC1CC(N1c3ccccc3Sc3cc(-c4cccnc4)ccc31)C2. The van der Waals surface area contributed by atoms with Crippen molar-refractivity contribution in [3.63, 3.8) is 0 Å². The summed E-state index contributed by atoms with van der Waals surface area (Å²) in [5.74, 6) is 0. The largest absolute Gasteiger partial charge is 0.336 e. The summed E-state index contributed by atoms with van der Waals surface area (Å²) in [5.41, 5.74) is 6.60. The number of fused-ring (bicyclic) bond motifs is 4. The maximum absolute atomic E-state index is 4.33. The van der Waals surface area contributed by atoms with Gasteiger partial charge >= 0.3 is 0 Å². The van der Waals surface area contributed by atoms with E-state index in [-0.39, 0.29) is 0 Å². The second kappa shape index (κ2) is 8.66. The van der Waals surface area contributed by atoms with Crippen molar-refractivity contribution in [1.29, 1.82) is 0 Å². The highest BCUT2D eigenvalue weighted by Gasteiger charge is 2.43. The van der Waals surface area contributed by atoms with E-state index in [1.807, 2.05) is 30.2 Å². The van der Waals surface area contributed by atoms with Crippen molar-refractivity contribution in [3.8, 4) is 11.1 Å². The molecule has 0 spiro atoms. The van der Waals surface area contributed by atoms with Gasteiger partial charge in [0.1, 0.15) is 0 Å². The molecule has 2 unspecified atom stereocenters. The van der Waals surface area contributed by atoms with Crippen LogP contribution < -0.4 is 4.90 Å². The lowest BCUT2D eigenvalue weighted by Gasteiger charge is -2.46. The maximum Gasteiger partial charge on any atom is 0.0555 e. The van der Waals surface area contributed by atoms with Crippen molar-refractivity contribution in [3.05, 3.63) is 78.6 Å². The molecule has 2 aromatic carbocycles. The van der Waals surface area contributed by atoms with Gasteiger partial charge in [-0.2, -0.15) is 0 Å². The highest BCUT2D eigenvalue weighted by atomic mass is 32.2. The summed E-state index contributed by atoms with van der Waals surface area (Å²) in [6.45, 7) is 5.54. The molecule has 0 aliphatic carbocycles. The van der Waals surface area contributed by atoms with E-state index < -0.39 is 0 Å². The minimum absolute atomic E-state index is 0.551. The maximum atomic E-state index is 4.33. The van der Waals surface area contributed by atoms with E-state index in [0.717, 1.165) is 6.54 Å². The van der Waals surface area contributed by atoms with Gasteiger partial charge in [-0.15, -0.1) is 0 Å². The molecule has 3 aromatic rings. The molecule has 3 aliphatic rings. The summed E-state index contributed by atoms with van der Waals surface area (Å²) < 4.78 is 0. The third-order valence-electron chi connectivity index (χ3n) is 7.49. The molecule has 1 aromatic heterocycles. The molecule has 3 nitrogen and oxygen atoms in total. The van der Waals surface area contributed by atoms with Crippen LogP contribution in [0.4, 0.5) is 11.4 Å². The fraction of sp³-hybridized carbons (Fsp3) is 0.345. The van der Waals surface area contributed by atoms with Crippen molar-refractivity contribution in [2.45, 2.75) is 67.4 Å². The lowest BCUT2D eigenvalue weighted by atomic mass is 9.94. The molecule has 2 atom stereocenters. The number of benzene rings is 2. The number of piperidine rings is 1. The van der Waals surface area contributed by atoms with Crippen molar-refractivity contribution >= 4 is 23.1 Å². The standard InChI is InChI=1S/C29H31N3S/c1-20(2)13-15-31-23-10-11-24(31)18-25(17-23)32-26-7-3-4-8-28(26)33-29-16-21(9-12-27(29)32)22-6-5-14-30-19-22/h3-9,12-14,16,19,23-25H,10-11,15,17-18H2,1-2H3. The monoisotopic (exact) mass is 453 g/mol. The van der Waals surface area contributed by atoms with Crippen LogP contribution in [0, 0.1) is 0 Å². The molecule has 0 N–H and O–H groups in total. The van der Waals surface area contributed by atoms with E-state index in [0.29, 0.717) is 18.1 Å². The van der Waals surface area contributed by atoms with Gasteiger partial charge in [-0.1, -0.05) is 47.7 Å². The number of allylic oxidation sites excluding steroid dienone is 1. The van der Waals surface area contributed by atoms with Crippen LogP contribution in [0.5, 0.6) is 0 Å². The van der Waals surface area contributed by atoms with Crippen LogP contribution in [0.3, 0.4) is 0 Å². The Morgan fingerprint density at radius 2 is 1.70 bits per heavy atom. The normalized spacial score (nSPS) is 23.7. The van der Waals surface area contributed by atoms with Crippen LogP contribution in [0.2, 0.25) is 0 Å². The minimum Gasteiger partial charge on any atom is -0.336 e. The topological polar surface area (TPSA) is 19.4 Å². The van der Waals surface area contributed by atoms with Crippen LogP contribution in [0.1, 0.15) is 39.5 Å². The first-order valence-corrected chi connectivity index (χ1v) is 13.0. The van der Waals surface area contributed by atoms with Crippen LogP contribution in [-0.2, 0) is 0 Å². The van der Waals surface area contributed by atoms with Gasteiger partial charge in [0.25, 0.3) is 0 Å². The Bertz CT molecular complexity index is 1170. The predicted molar refractivity (Wildman–Crippen MR) is 138 cm³/mol. The van der Waals surface area contributed by atoms with E-state index in [1.54, 1.807) is 0 Å². The Morgan fingerprint density at radius 3 is 2.45 bits per heavy atom. The van der Waals surface area contributed by atoms with Gasteiger partial charge in [0.2, 0.25) is 0 Å². The summed E-state index contributed by atoms with van der Waals surface area (Å²) in [5, 5.41) is 0. The summed E-state index contributed by atoms with van der Waals surface area (Å²) in [4.78, 5) is 12.5. The van der Waals surface area contributed by atoms with Crippen molar-refractivity contribution in [1.82, 2.24) is 9.88 Å². The van der Waals surface area contributed by atoms with Crippen LogP contribution in [0.15, 0.2) is 88.4 Å². The molecule has 0 amide bonds. The zero-order chi connectivity index (χ0) is 22.4. The van der Waals surface area contributed by atoms with Crippen molar-refractivity contribution < 1.29 is 0 Å². The first-order chi connectivity index (χ1) is 16.2. The molecule has 0 saturated carbocycles. The summed E-state index contributed by atoms with van der Waals surface area (Å²) >= 11 is 1.91. The highest BCUT2D eigenvalue weighted by molar-refractivity contribution is 7.99. The first kappa shape index (κ1) is 21.0. The van der Waals surface area contributed by atoms with E-state index in [2.05, 4.69) is 83.2 Å². The van der Waals surface area contributed by atoms with Crippen LogP contribution >= 0.6 is 11.8 Å². The average molecular weight is 454 g/mol. The zero-order valence-corrected chi connectivity index (χ0v) is 20.3. The van der Waals surface area contributed by atoms with Gasteiger partial charge in [-0.3, -0.25) is 9.88 Å². The minimum atomic E-state index is 0.551. The number of hydrogen-bond donors (Lipinski definition) is 0. The third-order valence-corrected chi connectivity index (χ3v) is 8.61. The van der Waals surface area contributed by atoms with Crippen LogP contribution in [-0.4, -0.2) is 34.6 Å². The fourth-order valence-electron chi connectivity index (χ4n) is 5.93. The molecule has 2 saturated heterocycles. The van der Waals surface area contributed by atoms with E-state index in [4.69, 9.17) is 0 Å². The van der Waals surface area contributed by atoms with Crippen LogP contribution in [0.25, 0.3) is 11.1 Å². The van der Waals surface area contributed by atoms with Gasteiger partial charge in [0, 0.05) is 52.4 Å². The first-order valence-electron chi connectivity index (χ1n) is 12.2. The van der Waals surface area contributed by atoms with Gasteiger partial charge < -0.3 is 4.90 Å². The number of para-hydroxylation sites is 1. The molecule has 0 radical (unpaired) electrons. The Morgan fingerprint density at radius 1 is 0.909 bits per heavy atom. The molecule has 4 heterocycles. The number of nitrogens with zero attached hydrogens (tertiary/aromatic N) is 3. The quantitative estimate of drug-likeness (QED) is 0.386. The molecule has 6 rings (SSSR count). The Balaban J connectivity index is 1.35. The summed E-state index contributed by atoms with van der Waals surface area (Å²) in [6.07, 6.45) is 11.4. The number of hydrogen-bond acceptors (Lipinski definition) is 4. The Hall–Kier alpha value is -2.56. The molecule has 4 heteroatoms. The van der Waals surface area contributed by atoms with E-state index in [9.17, 15) is 0 Å². The lowest BCUT2D eigenvalue weighted by molar-refractivity contribution is 0.143. The highest BCUT2D eigenvalue weighted by Crippen LogP contribution is 2.52. The second-order valence-electron chi connectivity index (χ2n) is 9.85. The van der Waals surface area contributed by atoms with Gasteiger partial charge in [-0.25, -0.2) is 0 Å². The molecule has 33 heavy (non-hydrogen) atoms. The van der Waals surface area contributed by atoms with Gasteiger partial charge in [0.05, 0.1) is 11.4 Å². The fourth-order valence-corrected chi connectivity index (χ4v) is 7.05. The van der Waals surface area contributed by atoms with Gasteiger partial charge in [0.15, 0.2) is 0 Å². The number of rotatable bonds is 4. The zero-order valence-electron chi connectivity index (χ0n) is 19.4. The Kier molecular flexibility index (Phi) is 5.51. The smallest absolute Gasteiger partial charge is 0.0555 e. The van der Waals surface area contributed by atoms with Crippen molar-refractivity contribution in [2.75, 3.05) is 11.4 Å². The second-order valence-corrected chi connectivity index (χ2v) is 10.9. The molecular formula is C29H31N3S. The van der Waals surface area contributed by atoms with Crippen molar-refractivity contribution in [2.24, 2.45) is 0 Å². The Labute approximate surface area is 201 Å². The van der Waals surface area contributed by atoms with Gasteiger partial charge in [-0.05, 0) is 75.4 Å².